The van der Waals surface area contributed by atoms with E-state index in [-0.39, 0.29) is 0 Å². The number of rotatable bonds is 1. The molecule has 0 bridgehead atoms. The fourth-order valence-electron chi connectivity index (χ4n) is 2.89. The molecule has 2 heterocycles. The molecule has 0 saturated heterocycles. The molecule has 4 rings (SSSR count). The van der Waals surface area contributed by atoms with Gasteiger partial charge in [0.2, 0.25) is 0 Å². The highest BCUT2D eigenvalue weighted by molar-refractivity contribution is 9.10. The molecular formula is C12H12BrN3. The molecule has 0 aliphatic heterocycles. The van der Waals surface area contributed by atoms with Gasteiger partial charge in [-0.15, -0.1) is 0 Å². The van der Waals surface area contributed by atoms with Crippen molar-refractivity contribution in [3.05, 3.63) is 22.9 Å². The van der Waals surface area contributed by atoms with Crippen LogP contribution in [0, 0.1) is 5.41 Å². The Morgan fingerprint density at radius 3 is 2.88 bits per heavy atom. The maximum absolute atomic E-state index is 4.49. The highest BCUT2D eigenvalue weighted by atomic mass is 79.9. The summed E-state index contributed by atoms with van der Waals surface area (Å²) < 4.78 is 3.19. The van der Waals surface area contributed by atoms with Crippen LogP contribution in [0.2, 0.25) is 0 Å². The minimum absolute atomic E-state index is 0.607. The molecule has 1 spiro atoms. The Labute approximate surface area is 102 Å². The van der Waals surface area contributed by atoms with Crippen LogP contribution in [-0.2, 0) is 0 Å². The summed E-state index contributed by atoms with van der Waals surface area (Å²) in [5.74, 6) is 0. The fraction of sp³-hybridized carbons (Fsp3) is 0.500. The zero-order valence-electron chi connectivity index (χ0n) is 8.86. The highest BCUT2D eigenvalue weighted by Gasteiger charge is 2.53. The molecule has 0 N–H and O–H groups in total. The summed E-state index contributed by atoms with van der Waals surface area (Å²) >= 11 is 3.47. The van der Waals surface area contributed by atoms with Crippen LogP contribution in [0.4, 0.5) is 0 Å². The van der Waals surface area contributed by atoms with Gasteiger partial charge in [-0.1, -0.05) is 0 Å². The summed E-state index contributed by atoms with van der Waals surface area (Å²) in [5.41, 5.74) is 2.89. The lowest BCUT2D eigenvalue weighted by Crippen LogP contribution is -2.28. The van der Waals surface area contributed by atoms with Crippen molar-refractivity contribution in [2.45, 2.75) is 31.7 Å². The van der Waals surface area contributed by atoms with E-state index in [0.717, 1.165) is 20.9 Å². The first-order valence-corrected chi connectivity index (χ1v) is 6.54. The predicted molar refractivity (Wildman–Crippen MR) is 65.2 cm³/mol. The monoisotopic (exact) mass is 277 g/mol. The summed E-state index contributed by atoms with van der Waals surface area (Å²) in [6.07, 6.45) is 9.21. The molecule has 2 aliphatic carbocycles. The lowest BCUT2D eigenvalue weighted by Gasteiger charge is -2.36. The summed E-state index contributed by atoms with van der Waals surface area (Å²) in [5, 5.41) is 4.49. The Morgan fingerprint density at radius 2 is 2.12 bits per heavy atom. The van der Waals surface area contributed by atoms with Crippen molar-refractivity contribution in [2.75, 3.05) is 0 Å². The van der Waals surface area contributed by atoms with Gasteiger partial charge in [-0.05, 0) is 53.1 Å². The minimum Gasteiger partial charge on any atom is -0.260 e. The van der Waals surface area contributed by atoms with E-state index in [2.05, 4.69) is 36.8 Å². The minimum atomic E-state index is 0.607. The first kappa shape index (κ1) is 9.16. The number of hydrogen-bond donors (Lipinski definition) is 0. The lowest BCUT2D eigenvalue weighted by atomic mass is 9.77. The van der Waals surface area contributed by atoms with Gasteiger partial charge in [-0.25, -0.2) is 0 Å². The van der Waals surface area contributed by atoms with Crippen molar-refractivity contribution >= 4 is 27.0 Å². The van der Waals surface area contributed by atoms with E-state index in [4.69, 9.17) is 0 Å². The van der Waals surface area contributed by atoms with Gasteiger partial charge in [0.15, 0.2) is 0 Å². The van der Waals surface area contributed by atoms with E-state index in [1.807, 2.05) is 12.4 Å². The quantitative estimate of drug-likeness (QED) is 0.801. The molecule has 0 atom stereocenters. The molecule has 3 nitrogen and oxygen atoms in total. The second-order valence-electron chi connectivity index (χ2n) is 5.21. The molecule has 82 valence electrons. The van der Waals surface area contributed by atoms with E-state index >= 15 is 0 Å². The third-order valence-corrected chi connectivity index (χ3v) is 4.49. The lowest BCUT2D eigenvalue weighted by molar-refractivity contribution is 0.166. The summed E-state index contributed by atoms with van der Waals surface area (Å²) in [6, 6.07) is 2.73. The molecule has 0 amide bonds. The first-order valence-electron chi connectivity index (χ1n) is 5.75. The summed E-state index contributed by atoms with van der Waals surface area (Å²) in [4.78, 5) is 4.36. The number of pyridine rings is 1. The van der Waals surface area contributed by atoms with Gasteiger partial charge < -0.3 is 0 Å². The zero-order chi connectivity index (χ0) is 10.8. The van der Waals surface area contributed by atoms with Crippen molar-refractivity contribution in [1.29, 1.82) is 0 Å². The van der Waals surface area contributed by atoms with Gasteiger partial charge in [-0.2, -0.15) is 5.10 Å². The van der Waals surface area contributed by atoms with Gasteiger partial charge in [0.25, 0.3) is 0 Å². The van der Waals surface area contributed by atoms with Crippen LogP contribution >= 0.6 is 15.9 Å². The second-order valence-corrected chi connectivity index (χ2v) is 6.12. The van der Waals surface area contributed by atoms with E-state index in [0.29, 0.717) is 6.04 Å². The standard InChI is InChI=1S/C12H12BrN3/c13-8-3-11-10(14-6-8)7-15-16(11)9-4-12(5-9)1-2-12/h3,6-7,9H,1-2,4-5H2. The van der Waals surface area contributed by atoms with E-state index < -0.39 is 0 Å². The Hall–Kier alpha value is -0.900. The van der Waals surface area contributed by atoms with Crippen LogP contribution in [0.5, 0.6) is 0 Å². The Kier molecular flexibility index (Phi) is 1.64. The zero-order valence-corrected chi connectivity index (χ0v) is 10.4. The van der Waals surface area contributed by atoms with Gasteiger partial charge in [-0.3, -0.25) is 9.67 Å². The summed E-state index contributed by atoms with van der Waals surface area (Å²) in [7, 11) is 0. The predicted octanol–water partition coefficient (Wildman–Crippen LogP) is 3.31. The van der Waals surface area contributed by atoms with Crippen LogP contribution in [0.25, 0.3) is 11.0 Å². The molecule has 4 heteroatoms. The second kappa shape index (κ2) is 2.86. The normalized spacial score (nSPS) is 22.6. The van der Waals surface area contributed by atoms with Gasteiger partial charge in [0.05, 0.1) is 17.8 Å². The van der Waals surface area contributed by atoms with Crippen molar-refractivity contribution < 1.29 is 0 Å². The molecule has 16 heavy (non-hydrogen) atoms. The fourth-order valence-corrected chi connectivity index (χ4v) is 3.21. The largest absolute Gasteiger partial charge is 0.260 e. The molecule has 2 aromatic rings. The molecule has 0 unspecified atom stereocenters. The van der Waals surface area contributed by atoms with Crippen LogP contribution in [0.15, 0.2) is 22.9 Å². The third-order valence-electron chi connectivity index (χ3n) is 4.06. The molecule has 2 aromatic heterocycles. The highest BCUT2D eigenvalue weighted by Crippen LogP contribution is 2.64. The van der Waals surface area contributed by atoms with Crippen LogP contribution < -0.4 is 0 Å². The van der Waals surface area contributed by atoms with Crippen LogP contribution in [-0.4, -0.2) is 14.8 Å². The van der Waals surface area contributed by atoms with Gasteiger partial charge in [0, 0.05) is 10.7 Å². The third kappa shape index (κ3) is 1.19. The van der Waals surface area contributed by atoms with Crippen molar-refractivity contribution in [1.82, 2.24) is 14.8 Å². The number of hydrogen-bond acceptors (Lipinski definition) is 2. The number of aromatic nitrogens is 3. The molecule has 2 fully saturated rings. The SMILES string of the molecule is Brc1cnc2cnn(C3CC4(CC4)C3)c2c1. The van der Waals surface area contributed by atoms with Crippen molar-refractivity contribution in [2.24, 2.45) is 5.41 Å². The van der Waals surface area contributed by atoms with E-state index in [1.54, 1.807) is 0 Å². The Balaban J connectivity index is 1.76. The van der Waals surface area contributed by atoms with Crippen LogP contribution in [0.1, 0.15) is 31.7 Å². The molecule has 0 aromatic carbocycles. The maximum atomic E-state index is 4.49. The van der Waals surface area contributed by atoms with Crippen molar-refractivity contribution in [3.63, 3.8) is 0 Å². The van der Waals surface area contributed by atoms with Crippen LogP contribution in [0.3, 0.4) is 0 Å². The average Bonchev–Trinajstić information content (AvgIpc) is 2.92. The molecule has 2 saturated carbocycles. The van der Waals surface area contributed by atoms with Crippen molar-refractivity contribution in [3.8, 4) is 0 Å². The smallest absolute Gasteiger partial charge is 0.108 e. The number of fused-ring (bicyclic) bond motifs is 1. The first-order chi connectivity index (χ1) is 7.76. The van der Waals surface area contributed by atoms with Gasteiger partial charge in [0.1, 0.15) is 5.52 Å². The topological polar surface area (TPSA) is 30.7 Å². The molecular weight excluding hydrogens is 266 g/mol. The van der Waals surface area contributed by atoms with Gasteiger partial charge >= 0.3 is 0 Å². The Morgan fingerprint density at radius 1 is 1.31 bits per heavy atom. The summed E-state index contributed by atoms with van der Waals surface area (Å²) in [6.45, 7) is 0. The molecule has 0 radical (unpaired) electrons. The van der Waals surface area contributed by atoms with E-state index in [1.165, 1.54) is 25.7 Å². The number of nitrogens with zero attached hydrogens (tertiary/aromatic N) is 3. The maximum Gasteiger partial charge on any atom is 0.108 e. The molecule has 2 aliphatic rings. The van der Waals surface area contributed by atoms with E-state index in [9.17, 15) is 0 Å². The number of halogens is 1. The average molecular weight is 278 g/mol. The Bertz CT molecular complexity index is 563.